The lowest BCUT2D eigenvalue weighted by Crippen LogP contribution is -2.23. The Morgan fingerprint density at radius 2 is 1.96 bits per heavy atom. The quantitative estimate of drug-likeness (QED) is 0.635. The summed E-state index contributed by atoms with van der Waals surface area (Å²) >= 11 is 7.34. The number of Topliss-reactive ketones (excluding diaryl/α,β-unsaturated/α-hetero) is 1. The van der Waals surface area contributed by atoms with Gasteiger partial charge in [0, 0.05) is 18.7 Å². The number of amides is 1. The number of hydrogen-bond donors (Lipinski definition) is 1. The lowest BCUT2D eigenvalue weighted by Gasteiger charge is -2.13. The standard InChI is InChI=1S/C17H17ClN2O2S/c1-11(20-12(2)21)13-5-7-14(8-6-13)16(22)10-23-17-15(18)4-3-9-19-17/h3-9,11H,10H2,1-2H3,(H,20,21)/t11-/m0/s1. The van der Waals surface area contributed by atoms with Crippen molar-refractivity contribution in [3.8, 4) is 0 Å². The Balaban J connectivity index is 1.97. The van der Waals surface area contributed by atoms with Gasteiger partial charge in [-0.3, -0.25) is 9.59 Å². The molecule has 0 bridgehead atoms. The van der Waals surface area contributed by atoms with Gasteiger partial charge >= 0.3 is 0 Å². The smallest absolute Gasteiger partial charge is 0.217 e. The van der Waals surface area contributed by atoms with Crippen molar-refractivity contribution in [3.05, 3.63) is 58.7 Å². The van der Waals surface area contributed by atoms with Crippen LogP contribution in [0.5, 0.6) is 0 Å². The van der Waals surface area contributed by atoms with E-state index in [4.69, 9.17) is 11.6 Å². The summed E-state index contributed by atoms with van der Waals surface area (Å²) in [7, 11) is 0. The first-order valence-electron chi connectivity index (χ1n) is 7.11. The summed E-state index contributed by atoms with van der Waals surface area (Å²) in [4.78, 5) is 27.4. The molecule has 1 aromatic heterocycles. The SMILES string of the molecule is CC(=O)N[C@@H](C)c1ccc(C(=O)CSc2ncccc2Cl)cc1. The van der Waals surface area contributed by atoms with Crippen LogP contribution in [0.15, 0.2) is 47.6 Å². The molecule has 6 heteroatoms. The third kappa shape index (κ3) is 5.08. The molecule has 0 aliphatic rings. The highest BCUT2D eigenvalue weighted by molar-refractivity contribution is 8.00. The van der Waals surface area contributed by atoms with Crippen molar-refractivity contribution in [1.82, 2.24) is 10.3 Å². The van der Waals surface area contributed by atoms with E-state index in [2.05, 4.69) is 10.3 Å². The molecule has 1 aromatic carbocycles. The largest absolute Gasteiger partial charge is 0.350 e. The summed E-state index contributed by atoms with van der Waals surface area (Å²) in [5.41, 5.74) is 1.58. The summed E-state index contributed by atoms with van der Waals surface area (Å²) in [6.45, 7) is 3.38. The lowest BCUT2D eigenvalue weighted by molar-refractivity contribution is -0.119. The minimum absolute atomic E-state index is 0.00968. The summed E-state index contributed by atoms with van der Waals surface area (Å²) in [5, 5.41) is 4.01. The molecule has 4 nitrogen and oxygen atoms in total. The molecular weight excluding hydrogens is 332 g/mol. The van der Waals surface area contributed by atoms with E-state index in [9.17, 15) is 9.59 Å². The van der Waals surface area contributed by atoms with E-state index in [0.717, 1.165) is 5.56 Å². The van der Waals surface area contributed by atoms with Gasteiger partial charge in [-0.2, -0.15) is 0 Å². The van der Waals surface area contributed by atoms with Gasteiger partial charge in [-0.1, -0.05) is 47.6 Å². The van der Waals surface area contributed by atoms with Crippen LogP contribution in [0.4, 0.5) is 0 Å². The van der Waals surface area contributed by atoms with Gasteiger partial charge in [0.15, 0.2) is 5.78 Å². The third-order valence-corrected chi connectivity index (χ3v) is 4.64. The maximum Gasteiger partial charge on any atom is 0.217 e. The summed E-state index contributed by atoms with van der Waals surface area (Å²) < 4.78 is 0. The van der Waals surface area contributed by atoms with Crippen LogP contribution in [-0.4, -0.2) is 22.4 Å². The molecule has 1 N–H and O–H groups in total. The Morgan fingerprint density at radius 3 is 2.57 bits per heavy atom. The molecule has 0 aliphatic heterocycles. The highest BCUT2D eigenvalue weighted by Crippen LogP contribution is 2.25. The van der Waals surface area contributed by atoms with Gasteiger partial charge in [0.1, 0.15) is 5.03 Å². The fourth-order valence-electron chi connectivity index (χ4n) is 2.04. The molecular formula is C17H17ClN2O2S. The minimum Gasteiger partial charge on any atom is -0.350 e. The van der Waals surface area contributed by atoms with Gasteiger partial charge in [0.05, 0.1) is 16.8 Å². The first-order valence-corrected chi connectivity index (χ1v) is 8.47. The molecule has 120 valence electrons. The van der Waals surface area contributed by atoms with Gasteiger partial charge in [0.2, 0.25) is 5.91 Å². The van der Waals surface area contributed by atoms with Crippen molar-refractivity contribution >= 4 is 35.1 Å². The number of ketones is 1. The zero-order chi connectivity index (χ0) is 16.8. The molecule has 0 fully saturated rings. The van der Waals surface area contributed by atoms with Crippen molar-refractivity contribution in [2.75, 3.05) is 5.75 Å². The molecule has 0 unspecified atom stereocenters. The lowest BCUT2D eigenvalue weighted by atomic mass is 10.0. The van der Waals surface area contributed by atoms with Crippen LogP contribution in [0.1, 0.15) is 35.8 Å². The number of pyridine rings is 1. The Labute approximate surface area is 144 Å². The third-order valence-electron chi connectivity index (χ3n) is 3.22. The van der Waals surface area contributed by atoms with E-state index in [1.54, 1.807) is 30.5 Å². The van der Waals surface area contributed by atoms with Crippen molar-refractivity contribution in [1.29, 1.82) is 0 Å². The zero-order valence-corrected chi connectivity index (χ0v) is 14.4. The Hall–Kier alpha value is -1.85. The van der Waals surface area contributed by atoms with Crippen LogP contribution in [0.3, 0.4) is 0 Å². The van der Waals surface area contributed by atoms with E-state index >= 15 is 0 Å². The zero-order valence-electron chi connectivity index (χ0n) is 12.9. The van der Waals surface area contributed by atoms with Gasteiger partial charge in [-0.25, -0.2) is 4.98 Å². The second kappa shape index (κ2) is 8.13. The second-order valence-corrected chi connectivity index (χ2v) is 6.42. The molecule has 2 rings (SSSR count). The van der Waals surface area contributed by atoms with Crippen LogP contribution in [0, 0.1) is 0 Å². The highest BCUT2D eigenvalue weighted by Gasteiger charge is 2.11. The maximum absolute atomic E-state index is 12.2. The number of carbonyl (C=O) groups excluding carboxylic acids is 2. The number of benzene rings is 1. The van der Waals surface area contributed by atoms with Gasteiger partial charge in [0.25, 0.3) is 0 Å². The molecule has 1 heterocycles. The predicted octanol–water partition coefficient (Wildman–Crippen LogP) is 3.91. The molecule has 2 aromatic rings. The van der Waals surface area contributed by atoms with E-state index < -0.39 is 0 Å². The minimum atomic E-state index is -0.0849. The predicted molar refractivity (Wildman–Crippen MR) is 93.0 cm³/mol. The van der Waals surface area contributed by atoms with E-state index in [1.807, 2.05) is 19.1 Å². The molecule has 0 saturated carbocycles. The number of carbonyl (C=O) groups is 2. The van der Waals surface area contributed by atoms with E-state index in [1.165, 1.54) is 18.7 Å². The monoisotopic (exact) mass is 348 g/mol. The van der Waals surface area contributed by atoms with Gasteiger partial charge < -0.3 is 5.32 Å². The number of nitrogens with zero attached hydrogens (tertiary/aromatic N) is 1. The van der Waals surface area contributed by atoms with E-state index in [0.29, 0.717) is 15.6 Å². The number of aromatic nitrogens is 1. The number of thioether (sulfide) groups is 1. The summed E-state index contributed by atoms with van der Waals surface area (Å²) in [6, 6.07) is 10.7. The van der Waals surface area contributed by atoms with Crippen LogP contribution in [-0.2, 0) is 4.79 Å². The summed E-state index contributed by atoms with van der Waals surface area (Å²) in [6.07, 6.45) is 1.65. The average molecular weight is 349 g/mol. The van der Waals surface area contributed by atoms with Crippen molar-refractivity contribution in [3.63, 3.8) is 0 Å². The number of halogens is 1. The van der Waals surface area contributed by atoms with Crippen LogP contribution >= 0.6 is 23.4 Å². The molecule has 1 atom stereocenters. The molecule has 1 amide bonds. The van der Waals surface area contributed by atoms with Crippen LogP contribution in [0.2, 0.25) is 5.02 Å². The van der Waals surface area contributed by atoms with Crippen molar-refractivity contribution in [2.24, 2.45) is 0 Å². The molecule has 0 aliphatic carbocycles. The van der Waals surface area contributed by atoms with Crippen molar-refractivity contribution in [2.45, 2.75) is 24.9 Å². The van der Waals surface area contributed by atoms with Crippen molar-refractivity contribution < 1.29 is 9.59 Å². The number of rotatable bonds is 6. The first kappa shape index (κ1) is 17.5. The number of nitrogens with one attached hydrogen (secondary N) is 1. The molecule has 0 saturated heterocycles. The maximum atomic E-state index is 12.2. The first-order chi connectivity index (χ1) is 11.0. The Kier molecular flexibility index (Phi) is 6.19. The fraction of sp³-hybridized carbons (Fsp3) is 0.235. The van der Waals surface area contributed by atoms with Gasteiger partial charge in [-0.05, 0) is 24.6 Å². The Morgan fingerprint density at radius 1 is 1.26 bits per heavy atom. The van der Waals surface area contributed by atoms with Crippen LogP contribution < -0.4 is 5.32 Å². The fourth-order valence-corrected chi connectivity index (χ4v) is 3.10. The average Bonchev–Trinajstić information content (AvgIpc) is 2.53. The topological polar surface area (TPSA) is 59.1 Å². The number of hydrogen-bond acceptors (Lipinski definition) is 4. The van der Waals surface area contributed by atoms with Gasteiger partial charge in [-0.15, -0.1) is 0 Å². The second-order valence-electron chi connectivity index (χ2n) is 5.05. The van der Waals surface area contributed by atoms with E-state index in [-0.39, 0.29) is 23.5 Å². The van der Waals surface area contributed by atoms with Crippen LogP contribution in [0.25, 0.3) is 0 Å². The Bertz CT molecular complexity index is 704. The highest BCUT2D eigenvalue weighted by atomic mass is 35.5. The molecule has 0 spiro atoms. The molecule has 23 heavy (non-hydrogen) atoms. The molecule has 0 radical (unpaired) electrons. The normalized spacial score (nSPS) is 11.8. The summed E-state index contributed by atoms with van der Waals surface area (Å²) in [5.74, 6) is 0.203.